The van der Waals surface area contributed by atoms with Crippen LogP contribution in [0.2, 0.25) is 0 Å². The Kier molecular flexibility index (Phi) is 2.74. The summed E-state index contributed by atoms with van der Waals surface area (Å²) in [6.07, 6.45) is 1.77. The molecule has 0 aromatic carbocycles. The smallest absolute Gasteiger partial charge is 0.160 e. The van der Waals surface area contributed by atoms with E-state index >= 15 is 0 Å². The molecule has 0 atom stereocenters. The SMILES string of the molecule is CCn1c(CCl)nc2cc(Br)cnc21. The molecule has 0 aliphatic rings. The van der Waals surface area contributed by atoms with Crippen LogP contribution in [0.15, 0.2) is 16.7 Å². The summed E-state index contributed by atoms with van der Waals surface area (Å²) in [6, 6.07) is 1.95. The molecule has 14 heavy (non-hydrogen) atoms. The molecule has 0 bridgehead atoms. The Morgan fingerprint density at radius 1 is 1.57 bits per heavy atom. The number of rotatable bonds is 2. The van der Waals surface area contributed by atoms with Gasteiger partial charge >= 0.3 is 0 Å². The van der Waals surface area contributed by atoms with Crippen molar-refractivity contribution in [2.45, 2.75) is 19.3 Å². The van der Waals surface area contributed by atoms with Crippen molar-refractivity contribution in [3.05, 3.63) is 22.6 Å². The molecular formula is C9H9BrClN3. The summed E-state index contributed by atoms with van der Waals surface area (Å²) in [5.41, 5.74) is 1.78. The van der Waals surface area contributed by atoms with Crippen molar-refractivity contribution in [2.75, 3.05) is 0 Å². The lowest BCUT2D eigenvalue weighted by atomic mass is 10.4. The van der Waals surface area contributed by atoms with E-state index in [1.807, 2.05) is 10.6 Å². The third-order valence-electron chi connectivity index (χ3n) is 2.07. The monoisotopic (exact) mass is 273 g/mol. The number of nitrogens with zero attached hydrogens (tertiary/aromatic N) is 3. The van der Waals surface area contributed by atoms with Crippen LogP contribution in [-0.2, 0) is 12.4 Å². The molecule has 2 rings (SSSR count). The molecule has 2 heterocycles. The zero-order chi connectivity index (χ0) is 10.1. The summed E-state index contributed by atoms with van der Waals surface area (Å²) in [5, 5.41) is 0. The van der Waals surface area contributed by atoms with Crippen LogP contribution in [0, 0.1) is 0 Å². The van der Waals surface area contributed by atoms with Crippen molar-refractivity contribution in [1.82, 2.24) is 14.5 Å². The van der Waals surface area contributed by atoms with Gasteiger partial charge < -0.3 is 4.57 Å². The van der Waals surface area contributed by atoms with Crippen LogP contribution in [0.5, 0.6) is 0 Å². The molecular weight excluding hydrogens is 265 g/mol. The molecule has 0 saturated heterocycles. The zero-order valence-electron chi connectivity index (χ0n) is 7.67. The first-order valence-corrected chi connectivity index (χ1v) is 5.65. The fourth-order valence-corrected chi connectivity index (χ4v) is 1.99. The van der Waals surface area contributed by atoms with Crippen LogP contribution in [0.25, 0.3) is 11.2 Å². The van der Waals surface area contributed by atoms with Gasteiger partial charge in [0.05, 0.1) is 5.88 Å². The maximum Gasteiger partial charge on any atom is 0.160 e. The Morgan fingerprint density at radius 3 is 3.00 bits per heavy atom. The van der Waals surface area contributed by atoms with Gasteiger partial charge in [0.15, 0.2) is 5.65 Å². The van der Waals surface area contributed by atoms with Gasteiger partial charge in [-0.1, -0.05) is 0 Å². The normalized spacial score (nSPS) is 11.1. The summed E-state index contributed by atoms with van der Waals surface area (Å²) >= 11 is 9.16. The van der Waals surface area contributed by atoms with E-state index in [9.17, 15) is 0 Å². The zero-order valence-corrected chi connectivity index (χ0v) is 10.0. The average Bonchev–Trinajstić information content (AvgIpc) is 2.54. The topological polar surface area (TPSA) is 30.7 Å². The Labute approximate surface area is 95.2 Å². The van der Waals surface area contributed by atoms with Gasteiger partial charge in [0.25, 0.3) is 0 Å². The van der Waals surface area contributed by atoms with E-state index in [0.29, 0.717) is 5.88 Å². The Balaban J connectivity index is 2.73. The molecule has 0 radical (unpaired) electrons. The number of alkyl halides is 1. The number of pyridine rings is 1. The molecule has 2 aromatic rings. The lowest BCUT2D eigenvalue weighted by Gasteiger charge is -2.01. The first kappa shape index (κ1) is 9.93. The lowest BCUT2D eigenvalue weighted by molar-refractivity contribution is 0.739. The predicted molar refractivity (Wildman–Crippen MR) is 60.5 cm³/mol. The highest BCUT2D eigenvalue weighted by Gasteiger charge is 2.09. The van der Waals surface area contributed by atoms with E-state index in [1.54, 1.807) is 6.20 Å². The highest BCUT2D eigenvalue weighted by molar-refractivity contribution is 9.10. The van der Waals surface area contributed by atoms with Crippen molar-refractivity contribution in [1.29, 1.82) is 0 Å². The molecule has 0 N–H and O–H groups in total. The lowest BCUT2D eigenvalue weighted by Crippen LogP contribution is -1.99. The van der Waals surface area contributed by atoms with Crippen molar-refractivity contribution < 1.29 is 0 Å². The largest absolute Gasteiger partial charge is 0.312 e. The molecule has 0 aliphatic carbocycles. The van der Waals surface area contributed by atoms with Crippen LogP contribution in [-0.4, -0.2) is 14.5 Å². The summed E-state index contributed by atoms with van der Waals surface area (Å²) < 4.78 is 2.96. The third-order valence-corrected chi connectivity index (χ3v) is 2.74. The molecule has 0 unspecified atom stereocenters. The van der Waals surface area contributed by atoms with E-state index in [4.69, 9.17) is 11.6 Å². The highest BCUT2D eigenvalue weighted by Crippen LogP contribution is 2.19. The summed E-state index contributed by atoms with van der Waals surface area (Å²) in [5.74, 6) is 1.29. The molecule has 74 valence electrons. The van der Waals surface area contributed by atoms with Crippen molar-refractivity contribution >= 4 is 38.7 Å². The van der Waals surface area contributed by atoms with Gasteiger partial charge in [-0.2, -0.15) is 0 Å². The number of aromatic nitrogens is 3. The van der Waals surface area contributed by atoms with Gasteiger partial charge in [-0.05, 0) is 28.9 Å². The molecule has 0 saturated carbocycles. The van der Waals surface area contributed by atoms with Gasteiger partial charge in [0.1, 0.15) is 11.3 Å². The van der Waals surface area contributed by atoms with E-state index in [0.717, 1.165) is 28.0 Å². The standard InChI is InChI=1S/C9H9BrClN3/c1-2-14-8(4-11)13-7-3-6(10)5-12-9(7)14/h3,5H,2,4H2,1H3. The number of aryl methyl sites for hydroxylation is 1. The van der Waals surface area contributed by atoms with Crippen LogP contribution >= 0.6 is 27.5 Å². The van der Waals surface area contributed by atoms with Gasteiger partial charge in [-0.3, -0.25) is 0 Å². The van der Waals surface area contributed by atoms with E-state index in [-0.39, 0.29) is 0 Å². The Morgan fingerprint density at radius 2 is 2.36 bits per heavy atom. The van der Waals surface area contributed by atoms with Gasteiger partial charge in [-0.25, -0.2) is 9.97 Å². The minimum absolute atomic E-state index is 0.418. The van der Waals surface area contributed by atoms with Crippen molar-refractivity contribution in [3.8, 4) is 0 Å². The third kappa shape index (κ3) is 1.53. The predicted octanol–water partition coefficient (Wildman–Crippen LogP) is 2.95. The first-order valence-electron chi connectivity index (χ1n) is 4.33. The first-order chi connectivity index (χ1) is 6.76. The van der Waals surface area contributed by atoms with Gasteiger partial charge in [0, 0.05) is 17.2 Å². The molecule has 0 spiro atoms. The molecule has 2 aromatic heterocycles. The van der Waals surface area contributed by atoms with E-state index in [1.165, 1.54) is 0 Å². The maximum atomic E-state index is 5.80. The fraction of sp³-hybridized carbons (Fsp3) is 0.333. The highest BCUT2D eigenvalue weighted by atomic mass is 79.9. The second-order valence-corrected chi connectivity index (χ2v) is 4.09. The van der Waals surface area contributed by atoms with Crippen LogP contribution in [0.4, 0.5) is 0 Å². The Bertz CT molecular complexity index is 466. The second kappa shape index (κ2) is 3.87. The van der Waals surface area contributed by atoms with Crippen molar-refractivity contribution in [2.24, 2.45) is 0 Å². The minimum atomic E-state index is 0.418. The summed E-state index contributed by atoms with van der Waals surface area (Å²) in [6.45, 7) is 2.90. The molecule has 5 heteroatoms. The van der Waals surface area contributed by atoms with Crippen LogP contribution in [0.1, 0.15) is 12.7 Å². The van der Waals surface area contributed by atoms with Crippen molar-refractivity contribution in [3.63, 3.8) is 0 Å². The van der Waals surface area contributed by atoms with Crippen LogP contribution in [0.3, 0.4) is 0 Å². The molecule has 3 nitrogen and oxygen atoms in total. The molecule has 0 aliphatic heterocycles. The second-order valence-electron chi connectivity index (χ2n) is 2.90. The Hall–Kier alpha value is -0.610. The fourth-order valence-electron chi connectivity index (χ4n) is 1.47. The number of hydrogen-bond acceptors (Lipinski definition) is 2. The molecule has 0 amide bonds. The van der Waals surface area contributed by atoms with E-state index in [2.05, 4.69) is 32.8 Å². The molecule has 0 fully saturated rings. The quantitative estimate of drug-likeness (QED) is 0.788. The summed E-state index contributed by atoms with van der Waals surface area (Å²) in [4.78, 5) is 8.72. The maximum absolute atomic E-state index is 5.80. The number of fused-ring (bicyclic) bond motifs is 1. The number of hydrogen-bond donors (Lipinski definition) is 0. The number of halogens is 2. The average molecular weight is 275 g/mol. The van der Waals surface area contributed by atoms with Gasteiger partial charge in [0.2, 0.25) is 0 Å². The van der Waals surface area contributed by atoms with Crippen LogP contribution < -0.4 is 0 Å². The minimum Gasteiger partial charge on any atom is -0.312 e. The van der Waals surface area contributed by atoms with Gasteiger partial charge in [-0.15, -0.1) is 11.6 Å². The summed E-state index contributed by atoms with van der Waals surface area (Å²) in [7, 11) is 0. The number of imidazole rings is 1. The van der Waals surface area contributed by atoms with E-state index < -0.39 is 0 Å².